The second-order valence-electron chi connectivity index (χ2n) is 4.35. The molecular formula is C15H21ClO2. The number of hydrogen-bond donors (Lipinski definition) is 1. The van der Waals surface area contributed by atoms with Crippen LogP contribution in [0, 0.1) is 0 Å². The summed E-state index contributed by atoms with van der Waals surface area (Å²) in [5.74, 6) is 0.685. The number of rotatable bonds is 8. The summed E-state index contributed by atoms with van der Waals surface area (Å²) >= 11 is 6.09. The van der Waals surface area contributed by atoms with Crippen LogP contribution in [0.4, 0.5) is 0 Å². The molecule has 0 saturated carbocycles. The van der Waals surface area contributed by atoms with Crippen LogP contribution in [-0.2, 0) is 0 Å². The van der Waals surface area contributed by atoms with Gasteiger partial charge in [0.2, 0.25) is 0 Å². The number of hydrogen-bond acceptors (Lipinski definition) is 2. The summed E-state index contributed by atoms with van der Waals surface area (Å²) in [4.78, 5) is 0. The molecule has 0 bridgehead atoms. The van der Waals surface area contributed by atoms with E-state index >= 15 is 0 Å². The first kappa shape index (κ1) is 15.1. The Morgan fingerprint density at radius 1 is 1.39 bits per heavy atom. The first-order chi connectivity index (χ1) is 8.65. The number of benzene rings is 1. The average Bonchev–Trinajstić information content (AvgIpc) is 2.35. The molecule has 0 aliphatic carbocycles. The lowest BCUT2D eigenvalue weighted by Crippen LogP contribution is -1.99. The zero-order chi connectivity index (χ0) is 13.4. The lowest BCUT2D eigenvalue weighted by molar-refractivity contribution is 0.199. The number of unbranched alkanes of at least 4 members (excludes halogenated alkanes) is 3. The number of ether oxygens (including phenoxy) is 1. The molecule has 2 nitrogen and oxygen atoms in total. The molecule has 100 valence electrons. The molecule has 18 heavy (non-hydrogen) atoms. The molecule has 1 unspecified atom stereocenters. The van der Waals surface area contributed by atoms with Crippen molar-refractivity contribution in [3.63, 3.8) is 0 Å². The van der Waals surface area contributed by atoms with E-state index in [1.165, 1.54) is 0 Å². The Bertz CT molecular complexity index is 375. The Kier molecular flexibility index (Phi) is 6.84. The van der Waals surface area contributed by atoms with Gasteiger partial charge >= 0.3 is 0 Å². The highest BCUT2D eigenvalue weighted by Crippen LogP contribution is 2.28. The van der Waals surface area contributed by atoms with Crippen LogP contribution in [0.1, 0.15) is 44.3 Å². The third-order valence-electron chi connectivity index (χ3n) is 2.75. The predicted octanol–water partition coefficient (Wildman–Crippen LogP) is 4.52. The van der Waals surface area contributed by atoms with Crippen LogP contribution in [0.15, 0.2) is 30.9 Å². The molecular weight excluding hydrogens is 248 g/mol. The van der Waals surface area contributed by atoms with Crippen molar-refractivity contribution in [2.24, 2.45) is 0 Å². The highest BCUT2D eigenvalue weighted by molar-refractivity contribution is 6.32. The van der Waals surface area contributed by atoms with Crippen molar-refractivity contribution in [3.8, 4) is 5.75 Å². The molecule has 0 aliphatic rings. The third-order valence-corrected chi connectivity index (χ3v) is 3.04. The van der Waals surface area contributed by atoms with Crippen LogP contribution in [0.25, 0.3) is 0 Å². The Balaban J connectivity index is 2.36. The van der Waals surface area contributed by atoms with Gasteiger partial charge < -0.3 is 9.84 Å². The first-order valence-electron chi connectivity index (χ1n) is 6.36. The second kappa shape index (κ2) is 8.17. The normalized spacial score (nSPS) is 12.2. The van der Waals surface area contributed by atoms with Gasteiger partial charge in [-0.3, -0.25) is 0 Å². The van der Waals surface area contributed by atoms with Crippen molar-refractivity contribution >= 4 is 11.6 Å². The van der Waals surface area contributed by atoms with E-state index in [0.29, 0.717) is 17.4 Å². The standard InChI is InChI=1S/C15H21ClO2/c1-3-4-5-6-7-10-18-15-9-8-13(12(2)17)11-14(15)16/h3,8-9,11-12,17H,1,4-7,10H2,2H3. The van der Waals surface area contributed by atoms with E-state index in [9.17, 15) is 5.11 Å². The van der Waals surface area contributed by atoms with Gasteiger partial charge in [0.05, 0.1) is 17.7 Å². The highest BCUT2D eigenvalue weighted by atomic mass is 35.5. The number of aliphatic hydroxyl groups is 1. The average molecular weight is 269 g/mol. The van der Waals surface area contributed by atoms with Gasteiger partial charge in [-0.15, -0.1) is 6.58 Å². The summed E-state index contributed by atoms with van der Waals surface area (Å²) < 4.78 is 5.61. The summed E-state index contributed by atoms with van der Waals surface area (Å²) in [5.41, 5.74) is 0.804. The smallest absolute Gasteiger partial charge is 0.137 e. The zero-order valence-electron chi connectivity index (χ0n) is 10.9. The fourth-order valence-electron chi connectivity index (χ4n) is 1.64. The SMILES string of the molecule is C=CCCCCCOc1ccc(C(C)O)cc1Cl. The van der Waals surface area contributed by atoms with E-state index in [4.69, 9.17) is 16.3 Å². The molecule has 0 radical (unpaired) electrons. The molecule has 1 rings (SSSR count). The fourth-order valence-corrected chi connectivity index (χ4v) is 1.89. The summed E-state index contributed by atoms with van der Waals surface area (Å²) in [6.07, 6.45) is 5.80. The maximum absolute atomic E-state index is 9.43. The van der Waals surface area contributed by atoms with Crippen molar-refractivity contribution in [1.82, 2.24) is 0 Å². The minimum absolute atomic E-state index is 0.504. The van der Waals surface area contributed by atoms with Crippen LogP contribution in [0.2, 0.25) is 5.02 Å². The van der Waals surface area contributed by atoms with E-state index in [2.05, 4.69) is 6.58 Å². The van der Waals surface area contributed by atoms with Gasteiger partial charge in [0.15, 0.2) is 0 Å². The van der Waals surface area contributed by atoms with Crippen molar-refractivity contribution in [2.45, 2.75) is 38.7 Å². The molecule has 0 aliphatic heterocycles. The Morgan fingerprint density at radius 3 is 2.78 bits per heavy atom. The quantitative estimate of drug-likeness (QED) is 0.555. The van der Waals surface area contributed by atoms with Crippen LogP contribution in [-0.4, -0.2) is 11.7 Å². The molecule has 0 aromatic heterocycles. The van der Waals surface area contributed by atoms with E-state index in [0.717, 1.165) is 31.2 Å². The molecule has 1 aromatic carbocycles. The van der Waals surface area contributed by atoms with Crippen LogP contribution in [0.5, 0.6) is 5.75 Å². The molecule has 3 heteroatoms. The Morgan fingerprint density at radius 2 is 2.17 bits per heavy atom. The van der Waals surface area contributed by atoms with Gasteiger partial charge in [-0.1, -0.05) is 23.7 Å². The lowest BCUT2D eigenvalue weighted by Gasteiger charge is -2.10. The maximum Gasteiger partial charge on any atom is 0.137 e. The number of allylic oxidation sites excluding steroid dienone is 1. The molecule has 0 heterocycles. The van der Waals surface area contributed by atoms with E-state index in [1.807, 2.05) is 18.2 Å². The summed E-state index contributed by atoms with van der Waals surface area (Å²) in [5, 5.41) is 9.98. The topological polar surface area (TPSA) is 29.5 Å². The molecule has 0 fully saturated rings. The Labute approximate surface area is 114 Å². The van der Waals surface area contributed by atoms with Gasteiger partial charge in [-0.25, -0.2) is 0 Å². The van der Waals surface area contributed by atoms with Gasteiger partial charge in [0.25, 0.3) is 0 Å². The maximum atomic E-state index is 9.43. The summed E-state index contributed by atoms with van der Waals surface area (Å²) in [7, 11) is 0. The molecule has 1 aromatic rings. The summed E-state index contributed by atoms with van der Waals surface area (Å²) in [6.45, 7) is 6.08. The fraction of sp³-hybridized carbons (Fsp3) is 0.467. The van der Waals surface area contributed by atoms with E-state index in [1.54, 1.807) is 13.0 Å². The minimum Gasteiger partial charge on any atom is -0.492 e. The monoisotopic (exact) mass is 268 g/mol. The zero-order valence-corrected chi connectivity index (χ0v) is 11.6. The van der Waals surface area contributed by atoms with E-state index < -0.39 is 6.10 Å². The molecule has 1 atom stereocenters. The third kappa shape index (κ3) is 5.11. The van der Waals surface area contributed by atoms with Crippen LogP contribution >= 0.6 is 11.6 Å². The highest BCUT2D eigenvalue weighted by Gasteiger charge is 2.06. The van der Waals surface area contributed by atoms with Crippen LogP contribution < -0.4 is 4.74 Å². The molecule has 0 amide bonds. The molecule has 0 spiro atoms. The van der Waals surface area contributed by atoms with Gasteiger partial charge in [-0.2, -0.15) is 0 Å². The second-order valence-corrected chi connectivity index (χ2v) is 4.76. The van der Waals surface area contributed by atoms with Crippen molar-refractivity contribution in [3.05, 3.63) is 41.4 Å². The van der Waals surface area contributed by atoms with Crippen molar-refractivity contribution in [1.29, 1.82) is 0 Å². The number of halogens is 1. The number of aliphatic hydroxyl groups excluding tert-OH is 1. The van der Waals surface area contributed by atoms with Crippen molar-refractivity contribution < 1.29 is 9.84 Å². The lowest BCUT2D eigenvalue weighted by atomic mass is 10.1. The van der Waals surface area contributed by atoms with E-state index in [-0.39, 0.29) is 0 Å². The van der Waals surface area contributed by atoms with Gasteiger partial charge in [-0.05, 0) is 50.3 Å². The molecule has 1 N–H and O–H groups in total. The largest absolute Gasteiger partial charge is 0.492 e. The first-order valence-corrected chi connectivity index (χ1v) is 6.74. The van der Waals surface area contributed by atoms with Crippen LogP contribution in [0.3, 0.4) is 0 Å². The summed E-state index contributed by atoms with van der Waals surface area (Å²) in [6, 6.07) is 5.40. The Hall–Kier alpha value is -0.990. The predicted molar refractivity (Wildman–Crippen MR) is 76.2 cm³/mol. The van der Waals surface area contributed by atoms with Gasteiger partial charge in [0, 0.05) is 0 Å². The minimum atomic E-state index is -0.504. The van der Waals surface area contributed by atoms with Gasteiger partial charge in [0.1, 0.15) is 5.75 Å². The van der Waals surface area contributed by atoms with Crippen molar-refractivity contribution in [2.75, 3.05) is 6.61 Å². The molecule has 0 saturated heterocycles.